The van der Waals surface area contributed by atoms with Gasteiger partial charge in [0.2, 0.25) is 0 Å². The van der Waals surface area contributed by atoms with E-state index in [-0.39, 0.29) is 29.6 Å². The quantitative estimate of drug-likeness (QED) is 0.813. The highest BCUT2D eigenvalue weighted by Crippen LogP contribution is 2.18. The van der Waals surface area contributed by atoms with Crippen molar-refractivity contribution in [1.29, 1.82) is 0 Å². The Labute approximate surface area is 120 Å². The van der Waals surface area contributed by atoms with Gasteiger partial charge in [0.15, 0.2) is 0 Å². The van der Waals surface area contributed by atoms with Gasteiger partial charge in [0.25, 0.3) is 5.91 Å². The van der Waals surface area contributed by atoms with Gasteiger partial charge in [-0.2, -0.15) is 0 Å². The van der Waals surface area contributed by atoms with Crippen LogP contribution in [0.2, 0.25) is 5.15 Å². The van der Waals surface area contributed by atoms with E-state index >= 15 is 0 Å². The number of halogens is 2. The molecule has 4 nitrogen and oxygen atoms in total. The van der Waals surface area contributed by atoms with Crippen LogP contribution in [0.3, 0.4) is 0 Å². The number of nitrogens with one attached hydrogen (secondary N) is 1. The molecule has 1 aromatic rings. The molecule has 1 heterocycles. The lowest BCUT2D eigenvalue weighted by molar-refractivity contribution is 0.0916. The number of carbonyl (C=O) groups is 1. The monoisotopic (exact) mass is 334 g/mol. The Hall–Kier alpha value is -0.650. The summed E-state index contributed by atoms with van der Waals surface area (Å²) >= 11 is 9.14. The highest BCUT2D eigenvalue weighted by atomic mass is 79.9. The average Bonchev–Trinajstić information content (AvgIpc) is 2.31. The van der Waals surface area contributed by atoms with Crippen molar-refractivity contribution in [3.63, 3.8) is 0 Å². The topological polar surface area (TPSA) is 62.2 Å². The number of hydrogen-bond acceptors (Lipinski definition) is 3. The summed E-state index contributed by atoms with van der Waals surface area (Å²) in [5.41, 5.74) is 0.328. The van der Waals surface area contributed by atoms with Crippen LogP contribution < -0.4 is 5.32 Å². The fraction of sp³-hybridized carbons (Fsp3) is 0.500. The van der Waals surface area contributed by atoms with E-state index in [2.05, 4.69) is 26.2 Å². The lowest BCUT2D eigenvalue weighted by Gasteiger charge is -2.21. The van der Waals surface area contributed by atoms with Gasteiger partial charge < -0.3 is 10.4 Å². The van der Waals surface area contributed by atoms with Crippen LogP contribution >= 0.6 is 27.5 Å². The van der Waals surface area contributed by atoms with Crippen LogP contribution in [0, 0.1) is 5.92 Å². The van der Waals surface area contributed by atoms with Crippen LogP contribution in [-0.4, -0.2) is 28.6 Å². The number of aromatic nitrogens is 1. The third-order valence-corrected chi connectivity index (χ3v) is 3.35. The molecule has 100 valence electrons. The molecule has 0 aliphatic rings. The maximum Gasteiger partial charge on any atom is 0.254 e. The number of carbonyl (C=O) groups excluding carboxylic acids is 1. The molecule has 6 heteroatoms. The molecule has 1 aromatic heterocycles. The van der Waals surface area contributed by atoms with Crippen molar-refractivity contribution in [3.05, 3.63) is 27.5 Å². The van der Waals surface area contributed by atoms with E-state index in [1.165, 1.54) is 6.20 Å². The molecule has 0 radical (unpaired) electrons. The molecule has 0 spiro atoms. The average molecular weight is 336 g/mol. The van der Waals surface area contributed by atoms with Crippen molar-refractivity contribution in [2.75, 3.05) is 6.61 Å². The molecule has 0 aromatic carbocycles. The lowest BCUT2D eigenvalue weighted by Crippen LogP contribution is -2.39. The predicted octanol–water partition coefficient (Wildman–Crippen LogP) is 2.63. The van der Waals surface area contributed by atoms with Gasteiger partial charge in [-0.1, -0.05) is 25.4 Å². The normalized spacial score (nSPS) is 12.6. The van der Waals surface area contributed by atoms with Crippen LogP contribution in [-0.2, 0) is 0 Å². The van der Waals surface area contributed by atoms with Crippen molar-refractivity contribution in [3.8, 4) is 0 Å². The zero-order valence-corrected chi connectivity index (χ0v) is 12.6. The van der Waals surface area contributed by atoms with E-state index in [9.17, 15) is 4.79 Å². The van der Waals surface area contributed by atoms with E-state index in [1.54, 1.807) is 6.07 Å². The number of aliphatic hydroxyl groups is 1. The third-order valence-electron chi connectivity index (χ3n) is 2.61. The smallest absolute Gasteiger partial charge is 0.254 e. The number of nitrogens with zero attached hydrogens (tertiary/aromatic N) is 1. The summed E-state index contributed by atoms with van der Waals surface area (Å²) in [4.78, 5) is 16.0. The van der Waals surface area contributed by atoms with Crippen LogP contribution in [0.1, 0.15) is 30.6 Å². The molecule has 1 rings (SSSR count). The molecule has 0 aliphatic heterocycles. The largest absolute Gasteiger partial charge is 0.396 e. The Balaban J connectivity index is 2.83. The zero-order valence-electron chi connectivity index (χ0n) is 10.3. The lowest BCUT2D eigenvalue weighted by atomic mass is 10.0. The Morgan fingerprint density at radius 2 is 2.28 bits per heavy atom. The minimum Gasteiger partial charge on any atom is -0.396 e. The van der Waals surface area contributed by atoms with E-state index in [4.69, 9.17) is 16.7 Å². The van der Waals surface area contributed by atoms with Crippen LogP contribution in [0.4, 0.5) is 0 Å². The summed E-state index contributed by atoms with van der Waals surface area (Å²) in [7, 11) is 0. The molecule has 1 amide bonds. The van der Waals surface area contributed by atoms with Crippen molar-refractivity contribution in [2.45, 2.75) is 26.3 Å². The van der Waals surface area contributed by atoms with Crippen molar-refractivity contribution in [1.82, 2.24) is 10.3 Å². The van der Waals surface area contributed by atoms with E-state index in [1.807, 2.05) is 13.8 Å². The zero-order chi connectivity index (χ0) is 13.7. The molecule has 2 N–H and O–H groups in total. The summed E-state index contributed by atoms with van der Waals surface area (Å²) in [6.07, 6.45) is 2.05. The first-order valence-corrected chi connectivity index (χ1v) is 6.85. The molecule has 0 fully saturated rings. The fourth-order valence-electron chi connectivity index (χ4n) is 1.54. The van der Waals surface area contributed by atoms with Gasteiger partial charge in [-0.05, 0) is 34.3 Å². The maximum atomic E-state index is 12.1. The molecule has 0 saturated carbocycles. The van der Waals surface area contributed by atoms with Gasteiger partial charge >= 0.3 is 0 Å². The summed E-state index contributed by atoms with van der Waals surface area (Å²) in [5.74, 6) is -0.0408. The van der Waals surface area contributed by atoms with Gasteiger partial charge in [-0.3, -0.25) is 4.79 Å². The van der Waals surface area contributed by atoms with E-state index in [0.717, 1.165) is 0 Å². The first-order chi connectivity index (χ1) is 8.45. The van der Waals surface area contributed by atoms with Gasteiger partial charge in [0.1, 0.15) is 5.15 Å². The Morgan fingerprint density at radius 3 is 2.83 bits per heavy atom. The standard InChI is InChI=1S/C12H16BrClN2O2/c1-7(2)10(3-4-17)16-12(18)9-5-8(13)6-15-11(9)14/h5-7,10,17H,3-4H2,1-2H3,(H,16,18). The molecular formula is C12H16BrClN2O2. The molecule has 0 saturated heterocycles. The highest BCUT2D eigenvalue weighted by molar-refractivity contribution is 9.10. The molecule has 1 atom stereocenters. The first-order valence-electron chi connectivity index (χ1n) is 5.68. The minimum atomic E-state index is -0.277. The second kappa shape index (κ2) is 7.07. The van der Waals surface area contributed by atoms with Crippen molar-refractivity contribution in [2.24, 2.45) is 5.92 Å². The Morgan fingerprint density at radius 1 is 1.61 bits per heavy atom. The van der Waals surface area contributed by atoms with Crippen molar-refractivity contribution < 1.29 is 9.90 Å². The number of rotatable bonds is 5. The highest BCUT2D eigenvalue weighted by Gasteiger charge is 2.19. The summed E-state index contributed by atoms with van der Waals surface area (Å²) in [6, 6.07) is 1.54. The van der Waals surface area contributed by atoms with E-state index in [0.29, 0.717) is 16.5 Å². The van der Waals surface area contributed by atoms with Gasteiger partial charge in [-0.15, -0.1) is 0 Å². The third kappa shape index (κ3) is 4.23. The molecule has 0 bridgehead atoms. The summed E-state index contributed by atoms with van der Waals surface area (Å²) < 4.78 is 0.695. The molecular weight excluding hydrogens is 320 g/mol. The number of pyridine rings is 1. The number of amides is 1. The van der Waals surface area contributed by atoms with E-state index < -0.39 is 0 Å². The Kier molecular flexibility index (Phi) is 6.05. The van der Waals surface area contributed by atoms with Crippen LogP contribution in [0.25, 0.3) is 0 Å². The molecule has 1 unspecified atom stereocenters. The second-order valence-corrected chi connectivity index (χ2v) is 5.60. The molecule has 0 aliphatic carbocycles. The number of aliphatic hydroxyl groups excluding tert-OH is 1. The van der Waals surface area contributed by atoms with Gasteiger partial charge in [0, 0.05) is 23.3 Å². The SMILES string of the molecule is CC(C)C(CCO)NC(=O)c1cc(Br)cnc1Cl. The van der Waals surface area contributed by atoms with Crippen LogP contribution in [0.15, 0.2) is 16.7 Å². The minimum absolute atomic E-state index is 0.0353. The summed E-state index contributed by atoms with van der Waals surface area (Å²) in [5, 5.41) is 12.0. The van der Waals surface area contributed by atoms with Crippen LogP contribution in [0.5, 0.6) is 0 Å². The van der Waals surface area contributed by atoms with Gasteiger partial charge in [-0.25, -0.2) is 4.98 Å². The first kappa shape index (κ1) is 15.4. The maximum absolute atomic E-state index is 12.1. The summed E-state index contributed by atoms with van der Waals surface area (Å²) in [6.45, 7) is 4.01. The Bertz CT molecular complexity index is 427. The fourth-order valence-corrected chi connectivity index (χ4v) is 2.06. The second-order valence-electron chi connectivity index (χ2n) is 4.33. The van der Waals surface area contributed by atoms with Gasteiger partial charge in [0.05, 0.1) is 5.56 Å². The predicted molar refractivity (Wildman–Crippen MR) is 74.7 cm³/mol. The molecule has 18 heavy (non-hydrogen) atoms. The number of hydrogen-bond donors (Lipinski definition) is 2. The van der Waals surface area contributed by atoms with Crippen molar-refractivity contribution >= 4 is 33.4 Å².